The van der Waals surface area contributed by atoms with Crippen LogP contribution in [0.1, 0.15) is 22.3 Å². The highest BCUT2D eigenvalue weighted by Gasteiger charge is 2.17. The van der Waals surface area contributed by atoms with Gasteiger partial charge in [-0.1, -0.05) is 30.3 Å². The lowest BCUT2D eigenvalue weighted by Crippen LogP contribution is -2.00. The van der Waals surface area contributed by atoms with Gasteiger partial charge in [-0.2, -0.15) is 0 Å². The summed E-state index contributed by atoms with van der Waals surface area (Å²) < 4.78 is 4.56. The molecule has 7 aromatic rings. The number of aromatic nitrogens is 5. The van der Waals surface area contributed by atoms with E-state index >= 15 is 0 Å². The monoisotopic (exact) mass is 519 g/mol. The molecule has 194 valence electrons. The Morgan fingerprint density at radius 3 is 2.05 bits per heavy atom. The van der Waals surface area contributed by atoms with E-state index in [-0.39, 0.29) is 0 Å². The lowest BCUT2D eigenvalue weighted by Gasteiger charge is -2.15. The van der Waals surface area contributed by atoms with Crippen molar-refractivity contribution in [1.29, 1.82) is 0 Å². The van der Waals surface area contributed by atoms with Gasteiger partial charge in [-0.25, -0.2) is 15.0 Å². The highest BCUT2D eigenvalue weighted by molar-refractivity contribution is 6.10. The third-order valence-electron chi connectivity index (χ3n) is 7.64. The lowest BCUT2D eigenvalue weighted by atomic mass is 10.1. The van der Waals surface area contributed by atoms with E-state index in [0.717, 1.165) is 39.4 Å². The molecule has 0 saturated carbocycles. The van der Waals surface area contributed by atoms with Gasteiger partial charge in [0, 0.05) is 58.1 Å². The smallest absolute Gasteiger partial charge is 0.144 e. The van der Waals surface area contributed by atoms with Crippen LogP contribution in [-0.4, -0.2) is 24.1 Å². The quantitative estimate of drug-likeness (QED) is 0.235. The summed E-state index contributed by atoms with van der Waals surface area (Å²) in [6.45, 7) is 8.60. The van der Waals surface area contributed by atoms with Crippen LogP contribution in [0, 0.1) is 27.7 Å². The van der Waals surface area contributed by atoms with Crippen molar-refractivity contribution in [3.8, 4) is 33.9 Å². The van der Waals surface area contributed by atoms with Crippen molar-refractivity contribution in [2.75, 3.05) is 0 Å². The van der Waals surface area contributed by atoms with Gasteiger partial charge in [0.1, 0.15) is 12.2 Å². The van der Waals surface area contributed by atoms with Gasteiger partial charge in [0.05, 0.1) is 11.0 Å². The maximum Gasteiger partial charge on any atom is 0.144 e. The van der Waals surface area contributed by atoms with Crippen LogP contribution in [0.25, 0.3) is 55.7 Å². The first-order valence-electron chi connectivity index (χ1n) is 13.5. The van der Waals surface area contributed by atoms with Gasteiger partial charge in [0.15, 0.2) is 0 Å². The van der Waals surface area contributed by atoms with Gasteiger partial charge in [0.25, 0.3) is 0 Å². The van der Waals surface area contributed by atoms with Gasteiger partial charge in [-0.3, -0.25) is 4.57 Å². The molecule has 0 unspecified atom stereocenters. The fraction of sp³-hybridized carbons (Fsp3) is 0.114. The number of hydrogen-bond acceptors (Lipinski definition) is 3. The molecule has 0 aliphatic rings. The Morgan fingerprint density at radius 1 is 0.600 bits per heavy atom. The zero-order valence-electron chi connectivity index (χ0n) is 23.1. The lowest BCUT2D eigenvalue weighted by molar-refractivity contribution is 1.06. The second-order valence-corrected chi connectivity index (χ2v) is 10.7. The van der Waals surface area contributed by atoms with Crippen molar-refractivity contribution >= 4 is 21.8 Å². The summed E-state index contributed by atoms with van der Waals surface area (Å²) in [5.74, 6) is 0.934. The Bertz CT molecular complexity index is 2030. The Labute approximate surface area is 233 Å². The molecule has 5 heteroatoms. The molecule has 3 heterocycles. The van der Waals surface area contributed by atoms with Crippen molar-refractivity contribution in [2.45, 2.75) is 27.7 Å². The second kappa shape index (κ2) is 9.31. The molecule has 4 aromatic carbocycles. The molecular weight excluding hydrogens is 490 g/mol. The third-order valence-corrected chi connectivity index (χ3v) is 7.64. The highest BCUT2D eigenvalue weighted by atomic mass is 15.1. The van der Waals surface area contributed by atoms with Crippen molar-refractivity contribution in [2.24, 2.45) is 0 Å². The summed E-state index contributed by atoms with van der Waals surface area (Å²) in [7, 11) is 0. The second-order valence-electron chi connectivity index (χ2n) is 10.7. The van der Waals surface area contributed by atoms with E-state index < -0.39 is 0 Å². The summed E-state index contributed by atoms with van der Waals surface area (Å²) in [5, 5.41) is 2.47. The minimum atomic E-state index is 0.934. The van der Waals surface area contributed by atoms with Crippen molar-refractivity contribution < 1.29 is 0 Å². The average molecular weight is 520 g/mol. The van der Waals surface area contributed by atoms with Crippen LogP contribution < -0.4 is 0 Å². The topological polar surface area (TPSA) is 48.5 Å². The van der Waals surface area contributed by atoms with E-state index in [0.29, 0.717) is 0 Å². The van der Waals surface area contributed by atoms with E-state index in [9.17, 15) is 0 Å². The maximum atomic E-state index is 4.76. The highest BCUT2D eigenvalue weighted by Crippen LogP contribution is 2.37. The number of fused-ring (bicyclic) bond motifs is 3. The number of hydrogen-bond donors (Lipinski definition) is 0. The van der Waals surface area contributed by atoms with Gasteiger partial charge >= 0.3 is 0 Å². The predicted molar refractivity (Wildman–Crippen MR) is 163 cm³/mol. The summed E-state index contributed by atoms with van der Waals surface area (Å²) >= 11 is 0. The molecule has 0 N–H and O–H groups in total. The first-order valence-corrected chi connectivity index (χ1v) is 13.5. The number of imidazole rings is 1. The maximum absolute atomic E-state index is 4.76. The Kier molecular flexibility index (Phi) is 5.60. The molecule has 0 spiro atoms. The minimum Gasteiger partial charge on any atom is -0.309 e. The van der Waals surface area contributed by atoms with Crippen LogP contribution in [0.3, 0.4) is 0 Å². The summed E-state index contributed by atoms with van der Waals surface area (Å²) in [6, 6.07) is 26.6. The largest absolute Gasteiger partial charge is 0.309 e. The molecule has 0 fully saturated rings. The first kappa shape index (κ1) is 24.0. The minimum absolute atomic E-state index is 0.934. The van der Waals surface area contributed by atoms with Crippen LogP contribution in [0.2, 0.25) is 0 Å². The molecule has 0 saturated heterocycles. The molecular formula is C35H29N5. The molecule has 40 heavy (non-hydrogen) atoms. The summed E-state index contributed by atoms with van der Waals surface area (Å²) in [5.41, 5.74) is 12.7. The van der Waals surface area contributed by atoms with E-state index in [1.54, 1.807) is 6.33 Å². The molecule has 0 bridgehead atoms. The Balaban J connectivity index is 1.41. The van der Waals surface area contributed by atoms with Crippen LogP contribution in [0.15, 0.2) is 104 Å². The molecule has 5 nitrogen and oxygen atoms in total. The van der Waals surface area contributed by atoms with Crippen LogP contribution >= 0.6 is 0 Å². The number of rotatable bonds is 4. The molecule has 3 aromatic heterocycles. The van der Waals surface area contributed by atoms with Gasteiger partial charge in [0.2, 0.25) is 0 Å². The molecule has 0 amide bonds. The first-order chi connectivity index (χ1) is 19.5. The standard InChI is InChI=1S/C35H29N5/c1-22-5-8-30-31-9-6-26(28-19-36-21-37-20-28)18-34(31)40(33(30)16-22)32-10-7-27(17-25(32)4)35-38-11-12-39(35)29-14-23(2)13-24(3)15-29/h5-21H,1-4H3. The van der Waals surface area contributed by atoms with Crippen LogP contribution in [-0.2, 0) is 0 Å². The van der Waals surface area contributed by atoms with Crippen molar-refractivity contribution in [3.05, 3.63) is 126 Å². The normalized spacial score (nSPS) is 11.5. The van der Waals surface area contributed by atoms with Crippen molar-refractivity contribution in [1.82, 2.24) is 24.1 Å². The zero-order chi connectivity index (χ0) is 27.4. The van der Waals surface area contributed by atoms with E-state index in [1.807, 2.05) is 24.8 Å². The fourth-order valence-electron chi connectivity index (χ4n) is 5.88. The SMILES string of the molecule is Cc1cc(C)cc(-n2ccnc2-c2ccc(-n3c4cc(C)ccc4c4ccc(-c5cncnc5)cc43)c(C)c2)c1. The van der Waals surface area contributed by atoms with E-state index in [4.69, 9.17) is 4.98 Å². The average Bonchev–Trinajstić information content (AvgIpc) is 3.56. The van der Waals surface area contributed by atoms with Gasteiger partial charge < -0.3 is 4.57 Å². The number of aryl methyl sites for hydroxylation is 4. The van der Waals surface area contributed by atoms with Gasteiger partial charge in [-0.15, -0.1) is 0 Å². The predicted octanol–water partition coefficient (Wildman–Crippen LogP) is 8.33. The van der Waals surface area contributed by atoms with E-state index in [2.05, 4.69) is 120 Å². The zero-order valence-corrected chi connectivity index (χ0v) is 23.1. The molecule has 0 aliphatic carbocycles. The number of nitrogens with zero attached hydrogens (tertiary/aromatic N) is 5. The van der Waals surface area contributed by atoms with Crippen molar-refractivity contribution in [3.63, 3.8) is 0 Å². The fourth-order valence-corrected chi connectivity index (χ4v) is 5.88. The molecule has 7 rings (SSSR count). The van der Waals surface area contributed by atoms with E-state index in [1.165, 1.54) is 38.5 Å². The molecule has 0 atom stereocenters. The van der Waals surface area contributed by atoms with Crippen LogP contribution in [0.5, 0.6) is 0 Å². The Morgan fingerprint density at radius 2 is 1.30 bits per heavy atom. The Hall–Kier alpha value is -5.03. The summed E-state index contributed by atoms with van der Waals surface area (Å²) in [4.78, 5) is 13.2. The summed E-state index contributed by atoms with van der Waals surface area (Å²) in [6.07, 6.45) is 9.21. The third kappa shape index (κ3) is 3.98. The van der Waals surface area contributed by atoms with Gasteiger partial charge in [-0.05, 0) is 98.0 Å². The molecule has 0 radical (unpaired) electrons. The molecule has 0 aliphatic heterocycles. The number of benzene rings is 4. The van der Waals surface area contributed by atoms with Crippen LogP contribution in [0.4, 0.5) is 0 Å².